The number of carbonyl (C=O) groups is 1. The lowest BCUT2D eigenvalue weighted by Crippen LogP contribution is -2.39. The molecule has 14 heavy (non-hydrogen) atoms. The maximum atomic E-state index is 11.9. The highest BCUT2D eigenvalue weighted by molar-refractivity contribution is 7.99. The molecule has 3 nitrogen and oxygen atoms in total. The lowest BCUT2D eigenvalue weighted by molar-refractivity contribution is -0.130. The van der Waals surface area contributed by atoms with Crippen LogP contribution in [-0.2, 0) is 9.53 Å². The molecule has 0 aliphatic carbocycles. The molecular formula is C10H15NO2S. The van der Waals surface area contributed by atoms with Crippen molar-refractivity contribution in [3.05, 3.63) is 11.8 Å². The Bertz CT molecular complexity index is 247. The third-order valence-electron chi connectivity index (χ3n) is 2.44. The predicted octanol–water partition coefficient (Wildman–Crippen LogP) is 1.26. The molecule has 78 valence electrons. The molecule has 0 spiro atoms. The number of hydrogen-bond donors (Lipinski definition) is 0. The molecule has 0 saturated carbocycles. The first-order valence-electron chi connectivity index (χ1n) is 5.08. The van der Waals surface area contributed by atoms with Crippen LogP contribution in [0.15, 0.2) is 11.8 Å². The topological polar surface area (TPSA) is 29.5 Å². The Morgan fingerprint density at radius 3 is 2.86 bits per heavy atom. The zero-order valence-electron chi connectivity index (χ0n) is 8.20. The highest BCUT2D eigenvalue weighted by atomic mass is 32.2. The van der Waals surface area contributed by atoms with Crippen molar-refractivity contribution in [2.75, 3.05) is 31.2 Å². The molecule has 1 fully saturated rings. The number of nitrogens with zero attached hydrogens (tertiary/aromatic N) is 1. The molecule has 0 aromatic heterocycles. The van der Waals surface area contributed by atoms with Gasteiger partial charge in [-0.2, -0.15) is 11.8 Å². The van der Waals surface area contributed by atoms with Crippen LogP contribution in [0.2, 0.25) is 0 Å². The number of rotatable bonds is 1. The van der Waals surface area contributed by atoms with E-state index >= 15 is 0 Å². The summed E-state index contributed by atoms with van der Waals surface area (Å²) in [6.45, 7) is 2.43. The number of ether oxygens (including phenoxy) is 1. The fourth-order valence-corrected chi connectivity index (χ4v) is 2.53. The van der Waals surface area contributed by atoms with Gasteiger partial charge in [-0.15, -0.1) is 0 Å². The van der Waals surface area contributed by atoms with E-state index in [1.54, 1.807) is 0 Å². The summed E-state index contributed by atoms with van der Waals surface area (Å²) in [5, 5.41) is 0. The molecule has 0 aromatic rings. The molecule has 0 aromatic carbocycles. The van der Waals surface area contributed by atoms with E-state index in [0.717, 1.165) is 37.4 Å². The molecule has 0 N–H and O–H groups in total. The van der Waals surface area contributed by atoms with E-state index in [0.29, 0.717) is 12.4 Å². The van der Waals surface area contributed by atoms with Gasteiger partial charge in [0.1, 0.15) is 0 Å². The van der Waals surface area contributed by atoms with Crippen LogP contribution in [-0.4, -0.2) is 42.0 Å². The van der Waals surface area contributed by atoms with Gasteiger partial charge in [0.25, 0.3) is 5.91 Å². The fourth-order valence-electron chi connectivity index (χ4n) is 1.63. The van der Waals surface area contributed by atoms with Crippen LogP contribution in [0.5, 0.6) is 0 Å². The number of amides is 1. The monoisotopic (exact) mass is 213 g/mol. The van der Waals surface area contributed by atoms with E-state index in [9.17, 15) is 4.79 Å². The smallest absolute Gasteiger partial charge is 0.288 e. The van der Waals surface area contributed by atoms with Gasteiger partial charge in [0.15, 0.2) is 5.76 Å². The molecule has 1 amide bonds. The Morgan fingerprint density at radius 1 is 1.43 bits per heavy atom. The van der Waals surface area contributed by atoms with Gasteiger partial charge >= 0.3 is 0 Å². The van der Waals surface area contributed by atoms with Crippen molar-refractivity contribution < 1.29 is 9.53 Å². The Hall–Kier alpha value is -0.640. The SMILES string of the molecule is O=C(C1=CCCCO1)N1CCSCC1. The summed E-state index contributed by atoms with van der Waals surface area (Å²) >= 11 is 1.91. The first-order valence-corrected chi connectivity index (χ1v) is 6.23. The number of hydrogen-bond acceptors (Lipinski definition) is 3. The van der Waals surface area contributed by atoms with Gasteiger partial charge in [-0.1, -0.05) is 0 Å². The van der Waals surface area contributed by atoms with Crippen molar-refractivity contribution in [1.29, 1.82) is 0 Å². The maximum absolute atomic E-state index is 11.9. The Balaban J connectivity index is 1.95. The van der Waals surface area contributed by atoms with Gasteiger partial charge in [-0.3, -0.25) is 4.79 Å². The normalized spacial score (nSPS) is 22.6. The van der Waals surface area contributed by atoms with E-state index in [1.807, 2.05) is 22.7 Å². The predicted molar refractivity (Wildman–Crippen MR) is 57.2 cm³/mol. The summed E-state index contributed by atoms with van der Waals surface area (Å²) in [4.78, 5) is 13.8. The zero-order valence-corrected chi connectivity index (χ0v) is 9.02. The van der Waals surface area contributed by atoms with E-state index in [4.69, 9.17) is 4.74 Å². The van der Waals surface area contributed by atoms with Gasteiger partial charge in [-0.25, -0.2) is 0 Å². The van der Waals surface area contributed by atoms with Crippen LogP contribution in [0, 0.1) is 0 Å². The second kappa shape index (κ2) is 4.73. The number of allylic oxidation sites excluding steroid dienone is 1. The van der Waals surface area contributed by atoms with Crippen LogP contribution < -0.4 is 0 Å². The van der Waals surface area contributed by atoms with Crippen LogP contribution in [0.4, 0.5) is 0 Å². The zero-order chi connectivity index (χ0) is 9.80. The number of thioether (sulfide) groups is 1. The first-order chi connectivity index (χ1) is 6.88. The molecule has 0 unspecified atom stereocenters. The molecule has 4 heteroatoms. The van der Waals surface area contributed by atoms with E-state index in [-0.39, 0.29) is 5.91 Å². The molecule has 2 aliphatic rings. The molecule has 0 radical (unpaired) electrons. The van der Waals surface area contributed by atoms with Crippen molar-refractivity contribution in [2.45, 2.75) is 12.8 Å². The molecule has 2 aliphatic heterocycles. The summed E-state index contributed by atoms with van der Waals surface area (Å²) in [7, 11) is 0. The van der Waals surface area contributed by atoms with Crippen molar-refractivity contribution in [3.8, 4) is 0 Å². The standard InChI is InChI=1S/C10H15NO2S/c12-10(9-3-1-2-6-13-9)11-4-7-14-8-5-11/h3H,1-2,4-8H2. The van der Waals surface area contributed by atoms with Crippen molar-refractivity contribution in [2.24, 2.45) is 0 Å². The van der Waals surface area contributed by atoms with Crippen molar-refractivity contribution >= 4 is 17.7 Å². The van der Waals surface area contributed by atoms with Gasteiger partial charge < -0.3 is 9.64 Å². The Labute approximate surface area is 88.5 Å². The lowest BCUT2D eigenvalue weighted by Gasteiger charge is -2.28. The summed E-state index contributed by atoms with van der Waals surface area (Å²) in [6.07, 6.45) is 3.93. The second-order valence-electron chi connectivity index (χ2n) is 3.46. The highest BCUT2D eigenvalue weighted by Crippen LogP contribution is 2.16. The Kier molecular flexibility index (Phi) is 3.35. The minimum atomic E-state index is 0.0880. The van der Waals surface area contributed by atoms with Crippen molar-refractivity contribution in [3.63, 3.8) is 0 Å². The lowest BCUT2D eigenvalue weighted by atomic mass is 10.2. The molecule has 0 bridgehead atoms. The van der Waals surface area contributed by atoms with Crippen LogP contribution in [0.1, 0.15) is 12.8 Å². The average molecular weight is 213 g/mol. The van der Waals surface area contributed by atoms with Crippen LogP contribution >= 0.6 is 11.8 Å². The van der Waals surface area contributed by atoms with Crippen LogP contribution in [0.3, 0.4) is 0 Å². The van der Waals surface area contributed by atoms with Crippen LogP contribution in [0.25, 0.3) is 0 Å². The summed E-state index contributed by atoms with van der Waals surface area (Å²) in [6, 6.07) is 0. The van der Waals surface area contributed by atoms with Gasteiger partial charge in [0, 0.05) is 24.6 Å². The minimum absolute atomic E-state index is 0.0880. The largest absolute Gasteiger partial charge is 0.488 e. The minimum Gasteiger partial charge on any atom is -0.488 e. The summed E-state index contributed by atoms with van der Waals surface area (Å²) in [5.74, 6) is 2.77. The van der Waals surface area contributed by atoms with E-state index < -0.39 is 0 Å². The van der Waals surface area contributed by atoms with E-state index in [2.05, 4.69) is 0 Å². The molecule has 1 saturated heterocycles. The Morgan fingerprint density at radius 2 is 2.21 bits per heavy atom. The molecule has 2 rings (SSSR count). The molecule has 2 heterocycles. The van der Waals surface area contributed by atoms with Gasteiger partial charge in [-0.05, 0) is 18.9 Å². The van der Waals surface area contributed by atoms with Gasteiger partial charge in [0.05, 0.1) is 6.61 Å². The van der Waals surface area contributed by atoms with Gasteiger partial charge in [0.2, 0.25) is 0 Å². The summed E-state index contributed by atoms with van der Waals surface area (Å²) in [5.41, 5.74) is 0. The maximum Gasteiger partial charge on any atom is 0.288 e. The quantitative estimate of drug-likeness (QED) is 0.656. The third kappa shape index (κ3) is 2.23. The van der Waals surface area contributed by atoms with E-state index in [1.165, 1.54) is 0 Å². The van der Waals surface area contributed by atoms with Crippen molar-refractivity contribution in [1.82, 2.24) is 4.90 Å². The first kappa shape index (κ1) is 9.90. The summed E-state index contributed by atoms with van der Waals surface area (Å²) < 4.78 is 5.36. The number of carbonyl (C=O) groups excluding carboxylic acids is 1. The molecule has 0 atom stereocenters. The second-order valence-corrected chi connectivity index (χ2v) is 4.69. The third-order valence-corrected chi connectivity index (χ3v) is 3.39. The highest BCUT2D eigenvalue weighted by Gasteiger charge is 2.22. The average Bonchev–Trinajstić information content (AvgIpc) is 2.30. The molecular weight excluding hydrogens is 198 g/mol. The fraction of sp³-hybridized carbons (Fsp3) is 0.700.